The van der Waals surface area contributed by atoms with E-state index >= 15 is 0 Å². The molecule has 2 fully saturated rings. The Morgan fingerprint density at radius 1 is 1.35 bits per heavy atom. The first kappa shape index (κ1) is 17.9. The third-order valence-electron chi connectivity index (χ3n) is 5.93. The molecule has 0 saturated carbocycles. The summed E-state index contributed by atoms with van der Waals surface area (Å²) < 4.78 is 34.6. The van der Waals surface area contributed by atoms with Crippen molar-refractivity contribution in [2.45, 2.75) is 24.7 Å². The van der Waals surface area contributed by atoms with Crippen molar-refractivity contribution in [3.8, 4) is 0 Å². The molecule has 7 heteroatoms. The molecule has 2 atom stereocenters. The monoisotopic (exact) mass is 375 g/mol. The molecular weight excluding hydrogens is 350 g/mol. The predicted octanol–water partition coefficient (Wildman–Crippen LogP) is 1.84. The van der Waals surface area contributed by atoms with E-state index in [9.17, 15) is 8.42 Å². The van der Waals surface area contributed by atoms with Gasteiger partial charge in [0.2, 0.25) is 10.0 Å². The largest absolute Gasteiger partial charge is 0.381 e. The van der Waals surface area contributed by atoms with Crippen molar-refractivity contribution in [2.75, 3.05) is 32.8 Å². The molecule has 2 aliphatic rings. The van der Waals surface area contributed by atoms with Gasteiger partial charge < -0.3 is 10.1 Å². The number of hydrogen-bond donors (Lipinski definition) is 2. The molecule has 0 bridgehead atoms. The van der Waals surface area contributed by atoms with E-state index in [1.165, 1.54) is 0 Å². The van der Waals surface area contributed by atoms with Gasteiger partial charge in [0.1, 0.15) is 0 Å². The number of fused-ring (bicyclic) bond motifs is 1. The summed E-state index contributed by atoms with van der Waals surface area (Å²) in [6.07, 6.45) is 5.47. The molecule has 1 aromatic carbocycles. The van der Waals surface area contributed by atoms with Gasteiger partial charge in [-0.3, -0.25) is 4.98 Å². The molecule has 2 saturated heterocycles. The lowest BCUT2D eigenvalue weighted by molar-refractivity contribution is 0.0791. The van der Waals surface area contributed by atoms with E-state index in [0.29, 0.717) is 11.4 Å². The normalized spacial score (nSPS) is 26.6. The van der Waals surface area contributed by atoms with Gasteiger partial charge in [-0.15, -0.1) is 0 Å². The summed E-state index contributed by atoms with van der Waals surface area (Å²) >= 11 is 0. The molecule has 26 heavy (non-hydrogen) atoms. The van der Waals surface area contributed by atoms with Gasteiger partial charge in [-0.2, -0.15) is 0 Å². The SMILES string of the molecule is Cc1cncc2cccc(S(=O)(=O)NCC3CNCCC34CCOC4)c12. The number of nitrogens with one attached hydrogen (secondary N) is 2. The second kappa shape index (κ2) is 6.88. The Bertz CT molecular complexity index is 902. The molecule has 6 nitrogen and oxygen atoms in total. The number of piperidine rings is 1. The number of ether oxygens (including phenoxy) is 1. The molecule has 140 valence electrons. The van der Waals surface area contributed by atoms with Crippen molar-refractivity contribution in [3.63, 3.8) is 0 Å². The third kappa shape index (κ3) is 3.13. The van der Waals surface area contributed by atoms with Crippen LogP contribution in [0.25, 0.3) is 10.8 Å². The minimum atomic E-state index is -3.60. The lowest BCUT2D eigenvalue weighted by Crippen LogP contribution is -2.50. The smallest absolute Gasteiger partial charge is 0.241 e. The van der Waals surface area contributed by atoms with E-state index in [-0.39, 0.29) is 11.3 Å². The van der Waals surface area contributed by atoms with Crippen LogP contribution in [0.4, 0.5) is 0 Å². The van der Waals surface area contributed by atoms with Crippen LogP contribution in [0.5, 0.6) is 0 Å². The summed E-state index contributed by atoms with van der Waals surface area (Å²) in [6, 6.07) is 5.34. The van der Waals surface area contributed by atoms with Crippen molar-refractivity contribution < 1.29 is 13.2 Å². The first-order chi connectivity index (χ1) is 12.5. The standard InChI is InChI=1S/C19H25N3O3S/c1-14-9-21-10-15-3-2-4-17(18(14)15)26(23,24)22-12-16-11-20-7-5-19(16)6-8-25-13-19/h2-4,9-10,16,20,22H,5-8,11-13H2,1H3. The molecule has 1 spiro atoms. The molecule has 2 N–H and O–H groups in total. The maximum atomic E-state index is 13.1. The van der Waals surface area contributed by atoms with Crippen LogP contribution in [0.1, 0.15) is 18.4 Å². The van der Waals surface area contributed by atoms with Crippen LogP contribution in [0.2, 0.25) is 0 Å². The van der Waals surface area contributed by atoms with Gasteiger partial charge >= 0.3 is 0 Å². The van der Waals surface area contributed by atoms with E-state index in [1.54, 1.807) is 24.5 Å². The van der Waals surface area contributed by atoms with Crippen LogP contribution in [-0.2, 0) is 14.8 Å². The average molecular weight is 375 g/mol. The van der Waals surface area contributed by atoms with Crippen molar-refractivity contribution in [1.29, 1.82) is 0 Å². The molecule has 2 aromatic rings. The fourth-order valence-corrected chi connectivity index (χ4v) is 5.73. The van der Waals surface area contributed by atoms with Crippen LogP contribution in [-0.4, -0.2) is 46.2 Å². The number of pyridine rings is 1. The van der Waals surface area contributed by atoms with Gasteiger partial charge in [-0.1, -0.05) is 12.1 Å². The maximum absolute atomic E-state index is 13.1. The molecule has 0 aliphatic carbocycles. The minimum absolute atomic E-state index is 0.104. The summed E-state index contributed by atoms with van der Waals surface area (Å²) in [5.41, 5.74) is 0.968. The molecule has 0 radical (unpaired) electrons. The van der Waals surface area contributed by atoms with Gasteiger partial charge in [-0.05, 0) is 50.4 Å². The van der Waals surface area contributed by atoms with Crippen molar-refractivity contribution in [3.05, 3.63) is 36.2 Å². The van der Waals surface area contributed by atoms with Crippen molar-refractivity contribution in [2.24, 2.45) is 11.3 Å². The number of rotatable bonds is 4. The number of hydrogen-bond acceptors (Lipinski definition) is 5. The lowest BCUT2D eigenvalue weighted by atomic mass is 9.70. The zero-order valence-electron chi connectivity index (χ0n) is 15.0. The maximum Gasteiger partial charge on any atom is 0.241 e. The van der Waals surface area contributed by atoms with E-state index in [0.717, 1.165) is 55.5 Å². The van der Waals surface area contributed by atoms with E-state index in [1.807, 2.05) is 13.0 Å². The Morgan fingerprint density at radius 2 is 2.23 bits per heavy atom. The van der Waals surface area contributed by atoms with Gasteiger partial charge in [0.05, 0.1) is 11.5 Å². The number of sulfonamides is 1. The van der Waals surface area contributed by atoms with Gasteiger partial charge in [0, 0.05) is 41.7 Å². The van der Waals surface area contributed by atoms with Gasteiger partial charge in [0.15, 0.2) is 0 Å². The number of aromatic nitrogens is 1. The molecule has 0 amide bonds. The van der Waals surface area contributed by atoms with E-state index in [2.05, 4.69) is 15.0 Å². The molecule has 1 aromatic heterocycles. The molecule has 4 rings (SSSR count). The van der Waals surface area contributed by atoms with Crippen LogP contribution >= 0.6 is 0 Å². The van der Waals surface area contributed by atoms with Crippen molar-refractivity contribution >= 4 is 20.8 Å². The Hall–Kier alpha value is -1.54. The number of aryl methyl sites for hydroxylation is 1. The predicted molar refractivity (Wildman–Crippen MR) is 101 cm³/mol. The highest BCUT2D eigenvalue weighted by atomic mass is 32.2. The molecular formula is C19H25N3O3S. The van der Waals surface area contributed by atoms with Crippen LogP contribution in [0.15, 0.2) is 35.5 Å². The Balaban J connectivity index is 1.60. The molecule has 2 aliphatic heterocycles. The highest BCUT2D eigenvalue weighted by Gasteiger charge is 2.43. The quantitative estimate of drug-likeness (QED) is 0.852. The highest BCUT2D eigenvalue weighted by molar-refractivity contribution is 7.89. The lowest BCUT2D eigenvalue weighted by Gasteiger charge is -2.40. The first-order valence-electron chi connectivity index (χ1n) is 9.13. The van der Waals surface area contributed by atoms with Crippen molar-refractivity contribution in [1.82, 2.24) is 15.0 Å². The fourth-order valence-electron chi connectivity index (χ4n) is 4.35. The van der Waals surface area contributed by atoms with Gasteiger partial charge in [-0.25, -0.2) is 13.1 Å². The summed E-state index contributed by atoms with van der Waals surface area (Å²) in [6.45, 7) is 5.63. The molecule has 3 heterocycles. The summed E-state index contributed by atoms with van der Waals surface area (Å²) in [5.74, 6) is 0.242. The summed E-state index contributed by atoms with van der Waals surface area (Å²) in [5, 5.41) is 4.99. The second-order valence-electron chi connectivity index (χ2n) is 7.48. The van der Waals surface area contributed by atoms with Crippen LogP contribution in [0, 0.1) is 18.3 Å². The number of benzene rings is 1. The zero-order chi connectivity index (χ0) is 18.2. The Kier molecular flexibility index (Phi) is 4.73. The topological polar surface area (TPSA) is 80.3 Å². The van der Waals surface area contributed by atoms with Crippen LogP contribution < -0.4 is 10.0 Å². The minimum Gasteiger partial charge on any atom is -0.381 e. The fraction of sp³-hybridized carbons (Fsp3) is 0.526. The van der Waals surface area contributed by atoms with Gasteiger partial charge in [0.25, 0.3) is 0 Å². The Morgan fingerprint density at radius 3 is 3.04 bits per heavy atom. The van der Waals surface area contributed by atoms with E-state index < -0.39 is 10.0 Å². The second-order valence-corrected chi connectivity index (χ2v) is 9.21. The third-order valence-corrected chi connectivity index (χ3v) is 7.40. The number of nitrogens with zero attached hydrogens (tertiary/aromatic N) is 1. The summed E-state index contributed by atoms with van der Waals surface area (Å²) in [7, 11) is -3.60. The molecule has 2 unspecified atom stereocenters. The van der Waals surface area contributed by atoms with Crippen LogP contribution in [0.3, 0.4) is 0 Å². The average Bonchev–Trinajstić information content (AvgIpc) is 3.10. The Labute approximate surface area is 154 Å². The summed E-state index contributed by atoms with van der Waals surface area (Å²) in [4.78, 5) is 4.49. The highest BCUT2D eigenvalue weighted by Crippen LogP contribution is 2.41. The van der Waals surface area contributed by atoms with E-state index in [4.69, 9.17) is 4.74 Å². The first-order valence-corrected chi connectivity index (χ1v) is 10.6. The zero-order valence-corrected chi connectivity index (χ0v) is 15.8.